The molecule has 2 aromatic heterocycles. The van der Waals surface area contributed by atoms with Gasteiger partial charge >= 0.3 is 0 Å². The van der Waals surface area contributed by atoms with Crippen LogP contribution in [0.1, 0.15) is 16.9 Å². The van der Waals surface area contributed by atoms with Gasteiger partial charge in [0, 0.05) is 12.1 Å². The molecule has 0 spiro atoms. The number of anilines is 1. The van der Waals surface area contributed by atoms with Gasteiger partial charge in [-0.1, -0.05) is 6.07 Å². The van der Waals surface area contributed by atoms with Gasteiger partial charge in [-0.2, -0.15) is 0 Å². The molecule has 0 aliphatic carbocycles. The highest BCUT2D eigenvalue weighted by Gasteiger charge is 2.13. The monoisotopic (exact) mass is 327 g/mol. The lowest BCUT2D eigenvalue weighted by Gasteiger charge is -2.10. The van der Waals surface area contributed by atoms with Gasteiger partial charge in [-0.15, -0.1) is 0 Å². The van der Waals surface area contributed by atoms with Gasteiger partial charge in [-0.05, 0) is 38.0 Å². The SMILES string of the molecule is COc1ccc(CCNc2ncnc3oc(C)c(C)c23)cc1OC. The van der Waals surface area contributed by atoms with E-state index in [2.05, 4.69) is 15.3 Å². The summed E-state index contributed by atoms with van der Waals surface area (Å²) in [6.45, 7) is 4.69. The molecule has 6 heteroatoms. The summed E-state index contributed by atoms with van der Waals surface area (Å²) in [5.41, 5.74) is 2.85. The Hall–Kier alpha value is -2.76. The third-order valence-corrected chi connectivity index (χ3v) is 4.12. The van der Waals surface area contributed by atoms with Crippen molar-refractivity contribution < 1.29 is 13.9 Å². The number of methoxy groups -OCH3 is 2. The van der Waals surface area contributed by atoms with Crippen LogP contribution in [0.25, 0.3) is 11.1 Å². The minimum atomic E-state index is 0.619. The Morgan fingerprint density at radius 1 is 1.08 bits per heavy atom. The first-order valence-corrected chi connectivity index (χ1v) is 7.79. The van der Waals surface area contributed by atoms with Gasteiger partial charge in [0.2, 0.25) is 5.71 Å². The number of ether oxygens (including phenoxy) is 2. The van der Waals surface area contributed by atoms with E-state index in [0.29, 0.717) is 5.71 Å². The molecule has 1 aromatic carbocycles. The molecule has 24 heavy (non-hydrogen) atoms. The molecule has 0 saturated carbocycles. The Bertz CT molecular complexity index is 858. The molecule has 0 amide bonds. The normalized spacial score (nSPS) is 10.8. The smallest absolute Gasteiger partial charge is 0.231 e. The molecule has 3 rings (SSSR count). The predicted octanol–water partition coefficient (Wildman–Crippen LogP) is 3.51. The number of fused-ring (bicyclic) bond motifs is 1. The van der Waals surface area contributed by atoms with E-state index in [4.69, 9.17) is 13.9 Å². The van der Waals surface area contributed by atoms with Crippen molar-refractivity contribution >= 4 is 16.9 Å². The van der Waals surface area contributed by atoms with Crippen molar-refractivity contribution in [2.75, 3.05) is 26.1 Å². The molecule has 0 aliphatic rings. The van der Waals surface area contributed by atoms with Gasteiger partial charge in [0.15, 0.2) is 11.5 Å². The Labute approximate surface area is 140 Å². The third kappa shape index (κ3) is 2.99. The quantitative estimate of drug-likeness (QED) is 0.747. The number of hydrogen-bond acceptors (Lipinski definition) is 6. The number of nitrogens with one attached hydrogen (secondary N) is 1. The van der Waals surface area contributed by atoms with Crippen molar-refractivity contribution in [3.63, 3.8) is 0 Å². The first-order valence-electron chi connectivity index (χ1n) is 7.79. The molecule has 0 bridgehead atoms. The van der Waals surface area contributed by atoms with E-state index in [9.17, 15) is 0 Å². The molecule has 3 aromatic rings. The highest BCUT2D eigenvalue weighted by Crippen LogP contribution is 2.29. The summed E-state index contributed by atoms with van der Waals surface area (Å²) < 4.78 is 16.2. The molecule has 0 fully saturated rings. The van der Waals surface area contributed by atoms with Crippen molar-refractivity contribution in [1.29, 1.82) is 0 Å². The molecular formula is C18H21N3O3. The maximum Gasteiger partial charge on any atom is 0.231 e. The number of hydrogen-bond donors (Lipinski definition) is 1. The lowest BCUT2D eigenvalue weighted by Crippen LogP contribution is -2.07. The summed E-state index contributed by atoms with van der Waals surface area (Å²) in [6, 6.07) is 5.94. The van der Waals surface area contributed by atoms with E-state index < -0.39 is 0 Å². The van der Waals surface area contributed by atoms with Crippen LogP contribution in [0, 0.1) is 13.8 Å². The van der Waals surface area contributed by atoms with E-state index in [-0.39, 0.29) is 0 Å². The van der Waals surface area contributed by atoms with Gasteiger partial charge in [0.05, 0.1) is 19.6 Å². The summed E-state index contributed by atoms with van der Waals surface area (Å²) in [4.78, 5) is 8.53. The van der Waals surface area contributed by atoms with Gasteiger partial charge in [-0.3, -0.25) is 0 Å². The Kier molecular flexibility index (Phi) is 4.55. The minimum absolute atomic E-state index is 0.619. The van der Waals surface area contributed by atoms with Gasteiger partial charge in [0.25, 0.3) is 0 Å². The van der Waals surface area contributed by atoms with Crippen LogP contribution in [0.4, 0.5) is 5.82 Å². The van der Waals surface area contributed by atoms with E-state index in [1.54, 1.807) is 14.2 Å². The highest BCUT2D eigenvalue weighted by atomic mass is 16.5. The van der Waals surface area contributed by atoms with Crippen molar-refractivity contribution in [3.8, 4) is 11.5 Å². The minimum Gasteiger partial charge on any atom is -0.493 e. The Balaban J connectivity index is 1.73. The van der Waals surface area contributed by atoms with Crippen LogP contribution in [-0.4, -0.2) is 30.7 Å². The molecule has 2 heterocycles. The van der Waals surface area contributed by atoms with Gasteiger partial charge < -0.3 is 19.2 Å². The second-order valence-corrected chi connectivity index (χ2v) is 5.55. The van der Waals surface area contributed by atoms with E-state index in [1.807, 2.05) is 32.0 Å². The fraction of sp³-hybridized carbons (Fsp3) is 0.333. The Morgan fingerprint density at radius 2 is 1.88 bits per heavy atom. The van der Waals surface area contributed by atoms with E-state index in [1.165, 1.54) is 6.33 Å². The molecule has 0 radical (unpaired) electrons. The van der Waals surface area contributed by atoms with Crippen LogP contribution < -0.4 is 14.8 Å². The Morgan fingerprint density at radius 3 is 2.62 bits per heavy atom. The van der Waals surface area contributed by atoms with Crippen LogP contribution in [0.15, 0.2) is 28.9 Å². The molecule has 0 saturated heterocycles. The zero-order chi connectivity index (χ0) is 17.1. The van der Waals surface area contributed by atoms with Crippen LogP contribution in [0.5, 0.6) is 11.5 Å². The van der Waals surface area contributed by atoms with Crippen LogP contribution in [0.3, 0.4) is 0 Å². The number of aromatic nitrogens is 2. The molecular weight excluding hydrogens is 306 g/mol. The molecule has 126 valence electrons. The summed E-state index contributed by atoms with van der Waals surface area (Å²) in [6.07, 6.45) is 2.35. The van der Waals surface area contributed by atoms with Crippen molar-refractivity contribution in [2.45, 2.75) is 20.3 Å². The number of furan rings is 1. The number of aryl methyl sites for hydroxylation is 2. The molecule has 0 aliphatic heterocycles. The highest BCUT2D eigenvalue weighted by molar-refractivity contribution is 5.89. The first kappa shape index (κ1) is 16.1. The average Bonchev–Trinajstić information content (AvgIpc) is 2.90. The number of benzene rings is 1. The summed E-state index contributed by atoms with van der Waals surface area (Å²) in [5, 5.41) is 4.32. The molecule has 0 unspecified atom stereocenters. The lowest BCUT2D eigenvalue weighted by molar-refractivity contribution is 0.354. The van der Waals surface area contributed by atoms with Crippen LogP contribution in [-0.2, 0) is 6.42 Å². The standard InChI is InChI=1S/C18H21N3O3/c1-11-12(2)24-18-16(11)17(20-10-21-18)19-8-7-13-5-6-14(22-3)15(9-13)23-4/h5-6,9-10H,7-8H2,1-4H3,(H,19,20,21). The largest absolute Gasteiger partial charge is 0.493 e. The number of nitrogens with zero attached hydrogens (tertiary/aromatic N) is 2. The zero-order valence-electron chi connectivity index (χ0n) is 14.3. The fourth-order valence-electron chi connectivity index (χ4n) is 2.68. The molecule has 0 atom stereocenters. The zero-order valence-corrected chi connectivity index (χ0v) is 14.3. The lowest BCUT2D eigenvalue weighted by atomic mass is 10.1. The molecule has 6 nitrogen and oxygen atoms in total. The maximum absolute atomic E-state index is 5.64. The van der Waals surface area contributed by atoms with E-state index >= 15 is 0 Å². The van der Waals surface area contributed by atoms with Crippen LogP contribution >= 0.6 is 0 Å². The predicted molar refractivity (Wildman–Crippen MR) is 93.0 cm³/mol. The summed E-state index contributed by atoms with van der Waals surface area (Å²) in [5.74, 6) is 3.14. The summed E-state index contributed by atoms with van der Waals surface area (Å²) >= 11 is 0. The average molecular weight is 327 g/mol. The van der Waals surface area contributed by atoms with E-state index in [0.717, 1.165) is 52.6 Å². The second kappa shape index (κ2) is 6.78. The van der Waals surface area contributed by atoms with Gasteiger partial charge in [0.1, 0.15) is 17.9 Å². The van der Waals surface area contributed by atoms with Gasteiger partial charge in [-0.25, -0.2) is 9.97 Å². The second-order valence-electron chi connectivity index (χ2n) is 5.55. The first-order chi connectivity index (χ1) is 11.6. The fourth-order valence-corrected chi connectivity index (χ4v) is 2.68. The molecule has 1 N–H and O–H groups in total. The maximum atomic E-state index is 5.64. The van der Waals surface area contributed by atoms with Crippen molar-refractivity contribution in [2.24, 2.45) is 0 Å². The number of rotatable bonds is 6. The van der Waals surface area contributed by atoms with Crippen molar-refractivity contribution in [1.82, 2.24) is 9.97 Å². The van der Waals surface area contributed by atoms with Crippen molar-refractivity contribution in [3.05, 3.63) is 41.4 Å². The summed E-state index contributed by atoms with van der Waals surface area (Å²) in [7, 11) is 3.27. The van der Waals surface area contributed by atoms with Crippen LogP contribution in [0.2, 0.25) is 0 Å². The third-order valence-electron chi connectivity index (χ3n) is 4.12. The topological polar surface area (TPSA) is 69.4 Å².